The lowest BCUT2D eigenvalue weighted by Crippen LogP contribution is -2.45. The first-order valence-electron chi connectivity index (χ1n) is 8.64. The van der Waals surface area contributed by atoms with Gasteiger partial charge in [-0.25, -0.2) is 0 Å². The zero-order valence-corrected chi connectivity index (χ0v) is 13.2. The molecule has 2 atom stereocenters. The molecule has 0 amide bonds. The van der Waals surface area contributed by atoms with Crippen molar-refractivity contribution in [3.63, 3.8) is 0 Å². The molecule has 20 heavy (non-hydrogen) atoms. The van der Waals surface area contributed by atoms with Gasteiger partial charge in [-0.05, 0) is 64.7 Å². The molecule has 0 aromatic heterocycles. The van der Waals surface area contributed by atoms with Crippen LogP contribution in [-0.2, 0) is 0 Å². The second kappa shape index (κ2) is 8.98. The van der Waals surface area contributed by atoms with Gasteiger partial charge in [-0.15, -0.1) is 0 Å². The summed E-state index contributed by atoms with van der Waals surface area (Å²) in [7, 11) is 0. The van der Waals surface area contributed by atoms with Gasteiger partial charge in [-0.3, -0.25) is 4.90 Å². The van der Waals surface area contributed by atoms with Gasteiger partial charge in [0.25, 0.3) is 0 Å². The number of hydrogen-bond acceptors (Lipinski definition) is 4. The molecule has 118 valence electrons. The molecule has 0 bridgehead atoms. The number of aliphatic hydroxyl groups excluding tert-OH is 1. The predicted octanol–water partition coefficient (Wildman–Crippen LogP) is 1.30. The Kier molecular flexibility index (Phi) is 7.28. The molecule has 2 saturated heterocycles. The van der Waals surface area contributed by atoms with Gasteiger partial charge < -0.3 is 15.3 Å². The lowest BCUT2D eigenvalue weighted by molar-refractivity contribution is 0.128. The molecule has 0 saturated carbocycles. The SMILES string of the molecule is CCCN1CCCC(N(CCO)CC2CCCN2)CC1. The minimum atomic E-state index is 0.294. The average Bonchev–Trinajstić information content (AvgIpc) is 2.84. The summed E-state index contributed by atoms with van der Waals surface area (Å²) < 4.78 is 0. The molecule has 2 rings (SSSR count). The summed E-state index contributed by atoms with van der Waals surface area (Å²) in [4.78, 5) is 5.17. The summed E-state index contributed by atoms with van der Waals surface area (Å²) in [6.07, 6.45) is 7.75. The van der Waals surface area contributed by atoms with Crippen molar-refractivity contribution in [2.75, 3.05) is 45.9 Å². The zero-order valence-electron chi connectivity index (χ0n) is 13.2. The molecule has 2 aliphatic rings. The third-order valence-corrected chi connectivity index (χ3v) is 4.85. The van der Waals surface area contributed by atoms with Crippen molar-refractivity contribution in [1.29, 1.82) is 0 Å². The maximum atomic E-state index is 9.38. The number of nitrogens with zero attached hydrogens (tertiary/aromatic N) is 2. The van der Waals surface area contributed by atoms with Crippen LogP contribution in [0.3, 0.4) is 0 Å². The average molecular weight is 283 g/mol. The Bertz CT molecular complexity index is 256. The molecule has 4 nitrogen and oxygen atoms in total. The second-order valence-electron chi connectivity index (χ2n) is 6.44. The van der Waals surface area contributed by atoms with Crippen LogP contribution in [-0.4, -0.2) is 72.9 Å². The first kappa shape index (κ1) is 16.2. The highest BCUT2D eigenvalue weighted by Gasteiger charge is 2.25. The molecule has 0 spiro atoms. The van der Waals surface area contributed by atoms with Crippen LogP contribution in [0.15, 0.2) is 0 Å². The van der Waals surface area contributed by atoms with E-state index in [4.69, 9.17) is 0 Å². The van der Waals surface area contributed by atoms with E-state index >= 15 is 0 Å². The maximum Gasteiger partial charge on any atom is 0.0558 e. The summed E-state index contributed by atoms with van der Waals surface area (Å²) in [6, 6.07) is 1.32. The smallest absolute Gasteiger partial charge is 0.0558 e. The van der Waals surface area contributed by atoms with Crippen molar-refractivity contribution in [3.05, 3.63) is 0 Å². The van der Waals surface area contributed by atoms with Crippen LogP contribution in [0, 0.1) is 0 Å². The van der Waals surface area contributed by atoms with Crippen molar-refractivity contribution in [2.24, 2.45) is 0 Å². The third kappa shape index (κ3) is 4.99. The molecule has 0 aromatic carbocycles. The molecule has 4 heteroatoms. The van der Waals surface area contributed by atoms with Crippen molar-refractivity contribution in [3.8, 4) is 0 Å². The molecule has 2 N–H and O–H groups in total. The summed E-state index contributed by atoms with van der Waals surface area (Å²) in [5, 5.41) is 13.0. The number of likely N-dealkylation sites (tertiary alicyclic amines) is 1. The Labute approximate surface area is 124 Å². The van der Waals surface area contributed by atoms with Crippen LogP contribution < -0.4 is 5.32 Å². The molecular weight excluding hydrogens is 250 g/mol. The van der Waals surface area contributed by atoms with Crippen LogP contribution in [0.4, 0.5) is 0 Å². The fourth-order valence-electron chi connectivity index (χ4n) is 3.79. The highest BCUT2D eigenvalue weighted by Crippen LogP contribution is 2.19. The lowest BCUT2D eigenvalue weighted by Gasteiger charge is -2.32. The minimum Gasteiger partial charge on any atom is -0.395 e. The number of aliphatic hydroxyl groups is 1. The Morgan fingerprint density at radius 1 is 1.20 bits per heavy atom. The van der Waals surface area contributed by atoms with E-state index in [-0.39, 0.29) is 0 Å². The van der Waals surface area contributed by atoms with Gasteiger partial charge in [0.15, 0.2) is 0 Å². The summed E-state index contributed by atoms with van der Waals surface area (Å²) in [5.74, 6) is 0. The van der Waals surface area contributed by atoms with E-state index in [1.807, 2.05) is 0 Å². The predicted molar refractivity (Wildman–Crippen MR) is 84.1 cm³/mol. The fourth-order valence-corrected chi connectivity index (χ4v) is 3.79. The molecule has 2 fully saturated rings. The van der Waals surface area contributed by atoms with Crippen LogP contribution in [0.5, 0.6) is 0 Å². The van der Waals surface area contributed by atoms with E-state index < -0.39 is 0 Å². The summed E-state index contributed by atoms with van der Waals surface area (Å²) in [6.45, 7) is 9.45. The van der Waals surface area contributed by atoms with Crippen LogP contribution in [0.1, 0.15) is 45.4 Å². The highest BCUT2D eigenvalue weighted by atomic mass is 16.3. The van der Waals surface area contributed by atoms with Crippen molar-refractivity contribution < 1.29 is 5.11 Å². The largest absolute Gasteiger partial charge is 0.395 e. The van der Waals surface area contributed by atoms with Gasteiger partial charge in [0.2, 0.25) is 0 Å². The minimum absolute atomic E-state index is 0.294. The quantitative estimate of drug-likeness (QED) is 0.739. The van der Waals surface area contributed by atoms with Gasteiger partial charge in [0.05, 0.1) is 6.61 Å². The monoisotopic (exact) mass is 283 g/mol. The molecule has 0 radical (unpaired) electrons. The summed E-state index contributed by atoms with van der Waals surface area (Å²) in [5.41, 5.74) is 0. The standard InChI is InChI=1S/C16H33N3O/c1-2-9-18-10-4-6-16(7-11-18)19(12-13-20)14-15-5-3-8-17-15/h15-17,20H,2-14H2,1H3. The topological polar surface area (TPSA) is 38.7 Å². The van der Waals surface area contributed by atoms with E-state index in [2.05, 4.69) is 22.0 Å². The van der Waals surface area contributed by atoms with E-state index in [0.29, 0.717) is 18.7 Å². The second-order valence-corrected chi connectivity index (χ2v) is 6.44. The zero-order chi connectivity index (χ0) is 14.2. The third-order valence-electron chi connectivity index (χ3n) is 4.85. The first-order valence-corrected chi connectivity index (χ1v) is 8.64. The molecule has 2 heterocycles. The molecular formula is C16H33N3O. The Hall–Kier alpha value is -0.160. The van der Waals surface area contributed by atoms with Gasteiger partial charge >= 0.3 is 0 Å². The highest BCUT2D eigenvalue weighted by molar-refractivity contribution is 4.83. The van der Waals surface area contributed by atoms with E-state index in [1.165, 1.54) is 64.7 Å². The van der Waals surface area contributed by atoms with E-state index in [1.54, 1.807) is 0 Å². The van der Waals surface area contributed by atoms with Crippen LogP contribution in [0.2, 0.25) is 0 Å². The van der Waals surface area contributed by atoms with Crippen molar-refractivity contribution in [1.82, 2.24) is 15.1 Å². The van der Waals surface area contributed by atoms with Gasteiger partial charge in [0.1, 0.15) is 0 Å². The maximum absolute atomic E-state index is 9.38. The van der Waals surface area contributed by atoms with Crippen LogP contribution in [0.25, 0.3) is 0 Å². The van der Waals surface area contributed by atoms with Crippen molar-refractivity contribution in [2.45, 2.75) is 57.5 Å². The van der Waals surface area contributed by atoms with Gasteiger partial charge in [-0.2, -0.15) is 0 Å². The fraction of sp³-hybridized carbons (Fsp3) is 1.00. The first-order chi connectivity index (χ1) is 9.83. The van der Waals surface area contributed by atoms with E-state index in [0.717, 1.165) is 13.1 Å². The molecule has 0 aromatic rings. The number of rotatable bonds is 7. The number of nitrogens with one attached hydrogen (secondary N) is 1. The molecule has 0 aliphatic carbocycles. The van der Waals surface area contributed by atoms with E-state index in [9.17, 15) is 5.11 Å². The molecule has 2 unspecified atom stereocenters. The van der Waals surface area contributed by atoms with Gasteiger partial charge in [0, 0.05) is 25.2 Å². The van der Waals surface area contributed by atoms with Crippen LogP contribution >= 0.6 is 0 Å². The lowest BCUT2D eigenvalue weighted by atomic mass is 10.1. The Balaban J connectivity index is 1.84. The van der Waals surface area contributed by atoms with Gasteiger partial charge in [-0.1, -0.05) is 6.92 Å². The number of hydrogen-bond donors (Lipinski definition) is 2. The normalized spacial score (nSPS) is 28.9. The summed E-state index contributed by atoms with van der Waals surface area (Å²) >= 11 is 0. The Morgan fingerprint density at radius 3 is 2.80 bits per heavy atom. The van der Waals surface area contributed by atoms with Crippen molar-refractivity contribution >= 4 is 0 Å². The Morgan fingerprint density at radius 2 is 2.10 bits per heavy atom. The molecule has 2 aliphatic heterocycles.